The van der Waals surface area contributed by atoms with Crippen LogP contribution in [0.2, 0.25) is 0 Å². The topological polar surface area (TPSA) is 34.1 Å². The predicted molar refractivity (Wildman–Crippen MR) is 217 cm³/mol. The van der Waals surface area contributed by atoms with E-state index < -0.39 is 0 Å². The molecule has 0 aromatic rings. The first-order valence-electron chi connectivity index (χ1n) is 19.0. The lowest BCUT2D eigenvalue weighted by Gasteiger charge is -2.08. The first-order chi connectivity index (χ1) is 23.3. The molecule has 1 rings (SSSR count). The van der Waals surface area contributed by atoms with Crippen LogP contribution < -0.4 is 0 Å². The Morgan fingerprint density at radius 2 is 0.694 bits per heavy atom. The second-order valence-electron chi connectivity index (χ2n) is 14.8. The monoisotopic (exact) mass is 667 g/mol. The molecule has 0 fully saturated rings. The van der Waals surface area contributed by atoms with E-state index in [1.807, 2.05) is 0 Å². The first kappa shape index (κ1) is 43.8. The number of carbonyl (C=O) groups is 2. The van der Waals surface area contributed by atoms with E-state index in [1.54, 1.807) is 6.92 Å². The molecule has 49 heavy (non-hydrogen) atoms. The van der Waals surface area contributed by atoms with E-state index in [2.05, 4.69) is 111 Å². The van der Waals surface area contributed by atoms with Crippen molar-refractivity contribution in [3.05, 3.63) is 116 Å². The molecule has 0 N–H and O–H groups in total. The van der Waals surface area contributed by atoms with Crippen molar-refractivity contribution in [3.8, 4) is 0 Å². The summed E-state index contributed by atoms with van der Waals surface area (Å²) in [4.78, 5) is 24.0. The van der Waals surface area contributed by atoms with Crippen LogP contribution in [0.25, 0.3) is 0 Å². The molecule has 0 saturated heterocycles. The van der Waals surface area contributed by atoms with Crippen LogP contribution >= 0.6 is 0 Å². The number of hydrogen-bond donors (Lipinski definition) is 0. The fourth-order valence-corrected chi connectivity index (χ4v) is 5.73. The predicted octanol–water partition coefficient (Wildman–Crippen LogP) is 14.5. The van der Waals surface area contributed by atoms with E-state index in [1.165, 1.54) is 69.6 Å². The van der Waals surface area contributed by atoms with Crippen LogP contribution in [0.4, 0.5) is 0 Å². The molecule has 1 aliphatic rings. The lowest BCUT2D eigenvalue weighted by atomic mass is 9.95. The van der Waals surface area contributed by atoms with Gasteiger partial charge in [-0.05, 0) is 178 Å². The Morgan fingerprint density at radius 3 is 1.00 bits per heavy atom. The highest BCUT2D eigenvalue weighted by Gasteiger charge is 2.16. The molecule has 0 aromatic carbocycles. The van der Waals surface area contributed by atoms with E-state index in [-0.39, 0.29) is 11.6 Å². The second kappa shape index (κ2) is 25.7. The maximum absolute atomic E-state index is 12.1. The van der Waals surface area contributed by atoms with Gasteiger partial charge < -0.3 is 0 Å². The largest absolute Gasteiger partial charge is 0.290 e. The van der Waals surface area contributed by atoms with Gasteiger partial charge >= 0.3 is 0 Å². The third kappa shape index (κ3) is 22.9. The number of ketones is 2. The molecule has 1 aliphatic carbocycles. The van der Waals surface area contributed by atoms with Crippen LogP contribution in [0.3, 0.4) is 0 Å². The molecule has 0 heterocycles. The Kier molecular flexibility index (Phi) is 22.9. The lowest BCUT2D eigenvalue weighted by molar-refractivity contribution is -0.115. The van der Waals surface area contributed by atoms with Crippen molar-refractivity contribution < 1.29 is 9.59 Å². The lowest BCUT2D eigenvalue weighted by Crippen LogP contribution is -2.11. The van der Waals surface area contributed by atoms with E-state index in [0.29, 0.717) is 17.6 Å². The van der Waals surface area contributed by atoms with E-state index in [9.17, 15) is 9.59 Å². The van der Waals surface area contributed by atoms with Crippen molar-refractivity contribution in [2.75, 3.05) is 0 Å². The van der Waals surface area contributed by atoms with Gasteiger partial charge in [-0.3, -0.25) is 9.59 Å². The summed E-state index contributed by atoms with van der Waals surface area (Å²) in [5, 5.41) is 0. The van der Waals surface area contributed by atoms with Gasteiger partial charge in [0.15, 0.2) is 11.6 Å². The van der Waals surface area contributed by atoms with Gasteiger partial charge in [0.05, 0.1) is 0 Å². The first-order valence-corrected chi connectivity index (χ1v) is 19.0. The molecule has 0 unspecified atom stereocenters. The van der Waals surface area contributed by atoms with Crippen molar-refractivity contribution in [1.82, 2.24) is 0 Å². The van der Waals surface area contributed by atoms with Crippen LogP contribution in [0.1, 0.15) is 166 Å². The van der Waals surface area contributed by atoms with Gasteiger partial charge in [-0.1, -0.05) is 93.2 Å². The van der Waals surface area contributed by atoms with Crippen LogP contribution in [-0.4, -0.2) is 11.6 Å². The summed E-state index contributed by atoms with van der Waals surface area (Å²) in [6.45, 7) is 21.8. The third-order valence-corrected chi connectivity index (χ3v) is 9.31. The Morgan fingerprint density at radius 1 is 0.408 bits per heavy atom. The van der Waals surface area contributed by atoms with Gasteiger partial charge in [0.25, 0.3) is 0 Å². The molecule has 0 amide bonds. The minimum Gasteiger partial charge on any atom is -0.290 e. The van der Waals surface area contributed by atoms with E-state index in [0.717, 1.165) is 77.0 Å². The Labute approximate surface area is 302 Å². The Bertz CT molecular complexity index is 1380. The second-order valence-corrected chi connectivity index (χ2v) is 14.8. The minimum atomic E-state index is -0.0513. The normalized spacial score (nSPS) is 15.9. The number of hydrogen-bond acceptors (Lipinski definition) is 2. The molecular formula is C47H70O2. The van der Waals surface area contributed by atoms with Crippen LogP contribution in [0.5, 0.6) is 0 Å². The molecule has 0 radical (unpaired) electrons. The Hall–Kier alpha value is -3.26. The van der Waals surface area contributed by atoms with Gasteiger partial charge in [-0.2, -0.15) is 0 Å². The van der Waals surface area contributed by atoms with Gasteiger partial charge in [0.1, 0.15) is 0 Å². The summed E-state index contributed by atoms with van der Waals surface area (Å²) in [6.07, 6.45) is 38.1. The Balaban J connectivity index is 2.26. The highest BCUT2D eigenvalue weighted by molar-refractivity contribution is 6.19. The van der Waals surface area contributed by atoms with Crippen molar-refractivity contribution in [2.24, 2.45) is 0 Å². The molecule has 0 bridgehead atoms. The smallest absolute Gasteiger partial charge is 0.182 e. The van der Waals surface area contributed by atoms with Gasteiger partial charge in [0.2, 0.25) is 0 Å². The van der Waals surface area contributed by atoms with Crippen LogP contribution in [0, 0.1) is 0 Å². The molecule has 0 saturated carbocycles. The highest BCUT2D eigenvalue weighted by Crippen LogP contribution is 2.19. The zero-order valence-corrected chi connectivity index (χ0v) is 33.2. The molecule has 0 spiro atoms. The molecule has 270 valence electrons. The van der Waals surface area contributed by atoms with Gasteiger partial charge in [-0.15, -0.1) is 0 Å². The maximum atomic E-state index is 12.1. The summed E-state index contributed by atoms with van der Waals surface area (Å²) in [6, 6.07) is 0. The minimum absolute atomic E-state index is 0.0368. The molecule has 2 heteroatoms. The summed E-state index contributed by atoms with van der Waals surface area (Å²) >= 11 is 0. The number of allylic oxidation sites excluding steroid dienone is 20. The molecule has 2 nitrogen and oxygen atoms in total. The van der Waals surface area contributed by atoms with Gasteiger partial charge in [-0.25, -0.2) is 0 Å². The van der Waals surface area contributed by atoms with Crippen LogP contribution in [0.15, 0.2) is 116 Å². The maximum Gasteiger partial charge on any atom is 0.182 e. The standard InChI is InChI=1S/C47H70O2/c1-36(2)18-11-19-37(3)20-12-21-38(4)22-13-23-39(5)24-14-25-40(6)26-15-27-41(7)28-16-29-42(8)30-17-31-43(9)32-33-45-35-46(48)44(10)34-47(45)49/h18,20,22,24,26,28,30,32,34-35H,11-17,19,21,23,25,27,29,31,33H2,1-10H3. The fourth-order valence-electron chi connectivity index (χ4n) is 5.73. The molecule has 0 aromatic heterocycles. The zero-order valence-electron chi connectivity index (χ0n) is 33.2. The number of rotatable bonds is 23. The number of carbonyl (C=O) groups excluding carboxylic acids is 2. The van der Waals surface area contributed by atoms with Crippen LogP contribution in [-0.2, 0) is 9.59 Å². The molecule has 0 aliphatic heterocycles. The SMILES string of the molecule is CC(C)=CCCC(C)=CCCC(C)=CCCC(C)=CCCC(C)=CCCC(C)=CCCC(C)=CCCC(C)=CCC1=CC(=O)C(C)=CC1=O. The average Bonchev–Trinajstić information content (AvgIpc) is 3.02. The van der Waals surface area contributed by atoms with E-state index in [4.69, 9.17) is 0 Å². The fraction of sp³-hybridized carbons (Fsp3) is 0.532. The third-order valence-electron chi connectivity index (χ3n) is 9.31. The average molecular weight is 667 g/mol. The summed E-state index contributed by atoms with van der Waals surface area (Å²) < 4.78 is 0. The summed E-state index contributed by atoms with van der Waals surface area (Å²) in [5.74, 6) is -0.0881. The van der Waals surface area contributed by atoms with Crippen molar-refractivity contribution in [1.29, 1.82) is 0 Å². The summed E-state index contributed by atoms with van der Waals surface area (Å²) in [7, 11) is 0. The highest BCUT2D eigenvalue weighted by atomic mass is 16.1. The van der Waals surface area contributed by atoms with Crippen molar-refractivity contribution in [3.63, 3.8) is 0 Å². The van der Waals surface area contributed by atoms with Crippen molar-refractivity contribution >= 4 is 11.6 Å². The molecule has 0 atom stereocenters. The van der Waals surface area contributed by atoms with Gasteiger partial charge in [0, 0.05) is 11.1 Å². The summed E-state index contributed by atoms with van der Waals surface area (Å²) in [5.41, 5.74) is 12.8. The molecular weight excluding hydrogens is 597 g/mol. The van der Waals surface area contributed by atoms with Crippen molar-refractivity contribution in [2.45, 2.75) is 166 Å². The van der Waals surface area contributed by atoms with E-state index >= 15 is 0 Å². The zero-order chi connectivity index (χ0) is 36.6. The quantitative estimate of drug-likeness (QED) is 0.0803.